The summed E-state index contributed by atoms with van der Waals surface area (Å²) in [6.07, 6.45) is 3.66. The Bertz CT molecular complexity index is 1200. The second kappa shape index (κ2) is 12.1. The first kappa shape index (κ1) is 27.9. The van der Waals surface area contributed by atoms with Gasteiger partial charge in [-0.25, -0.2) is 14.4 Å². The lowest BCUT2D eigenvalue weighted by molar-refractivity contribution is -0.140. The minimum atomic E-state index is -4.80. The van der Waals surface area contributed by atoms with Crippen LogP contribution in [0.2, 0.25) is 0 Å². The molecule has 0 amide bonds. The zero-order chi connectivity index (χ0) is 27.3. The van der Waals surface area contributed by atoms with Crippen LogP contribution in [0, 0.1) is 5.82 Å². The number of aliphatic hydroxyl groups excluding tert-OH is 1. The molecule has 0 aromatic carbocycles. The van der Waals surface area contributed by atoms with Crippen molar-refractivity contribution in [2.45, 2.75) is 70.2 Å². The Hall–Kier alpha value is -3.15. The van der Waals surface area contributed by atoms with E-state index >= 15 is 0 Å². The van der Waals surface area contributed by atoms with Gasteiger partial charge in [0.15, 0.2) is 11.6 Å². The van der Waals surface area contributed by atoms with Gasteiger partial charge in [-0.15, -0.1) is 0 Å². The molecule has 12 heteroatoms. The smallest absolute Gasteiger partial charge is 0.419 e. The number of alkyl halides is 3. The minimum Gasteiger partial charge on any atom is -0.472 e. The second-order valence-electron chi connectivity index (χ2n) is 9.46. The fraction of sp³-hybridized carbons (Fsp3) is 0.577. The van der Waals surface area contributed by atoms with Crippen molar-refractivity contribution in [3.05, 3.63) is 35.9 Å². The van der Waals surface area contributed by atoms with Crippen molar-refractivity contribution in [3.8, 4) is 5.88 Å². The molecule has 8 nitrogen and oxygen atoms in total. The maximum absolute atomic E-state index is 14.4. The molecule has 0 atom stereocenters. The highest BCUT2D eigenvalue weighted by Gasteiger charge is 2.36. The monoisotopic (exact) mass is 538 g/mol. The maximum atomic E-state index is 14.4. The zero-order valence-corrected chi connectivity index (χ0v) is 21.6. The number of halogens is 4. The van der Waals surface area contributed by atoms with Gasteiger partial charge in [0.2, 0.25) is 0 Å². The van der Waals surface area contributed by atoms with Gasteiger partial charge in [-0.3, -0.25) is 4.68 Å². The predicted octanol–water partition coefficient (Wildman–Crippen LogP) is 5.58. The molecule has 2 N–H and O–H groups in total. The van der Waals surface area contributed by atoms with E-state index in [1.54, 1.807) is 0 Å². The van der Waals surface area contributed by atoms with Gasteiger partial charge in [-0.1, -0.05) is 0 Å². The molecular formula is C26H34F4N6O2. The number of piperidine rings is 1. The van der Waals surface area contributed by atoms with Crippen LogP contribution in [0.15, 0.2) is 24.5 Å². The summed E-state index contributed by atoms with van der Waals surface area (Å²) in [6, 6.07) is 2.75. The Morgan fingerprint density at radius 1 is 1.08 bits per heavy atom. The Morgan fingerprint density at radius 3 is 2.45 bits per heavy atom. The van der Waals surface area contributed by atoms with Gasteiger partial charge in [-0.2, -0.15) is 18.3 Å². The number of rotatable bonds is 6. The summed E-state index contributed by atoms with van der Waals surface area (Å²) in [4.78, 5) is 10.6. The summed E-state index contributed by atoms with van der Waals surface area (Å²) in [5, 5.41) is 16.3. The Kier molecular flexibility index (Phi) is 8.91. The number of nitrogens with one attached hydrogen (secondary N) is 1. The molecule has 0 unspecified atom stereocenters. The summed E-state index contributed by atoms with van der Waals surface area (Å²) in [5.41, 5.74) is -0.351. The van der Waals surface area contributed by atoms with Crippen LogP contribution in [-0.4, -0.2) is 57.7 Å². The third-order valence-corrected chi connectivity index (χ3v) is 7.02. The molecule has 0 bridgehead atoms. The molecule has 5 rings (SSSR count). The molecule has 3 aromatic heterocycles. The van der Waals surface area contributed by atoms with Crippen molar-refractivity contribution in [1.82, 2.24) is 19.7 Å². The van der Waals surface area contributed by atoms with E-state index in [1.165, 1.54) is 6.42 Å². The molecule has 1 saturated carbocycles. The first-order chi connectivity index (χ1) is 18.3. The molecule has 1 aliphatic carbocycles. The highest BCUT2D eigenvalue weighted by Crippen LogP contribution is 2.38. The van der Waals surface area contributed by atoms with E-state index in [1.807, 2.05) is 19.2 Å². The van der Waals surface area contributed by atoms with Crippen molar-refractivity contribution in [1.29, 1.82) is 0 Å². The van der Waals surface area contributed by atoms with Crippen LogP contribution in [0.4, 0.5) is 29.2 Å². The number of hydrogen-bond donors (Lipinski definition) is 2. The van der Waals surface area contributed by atoms with Gasteiger partial charge in [0, 0.05) is 45.2 Å². The Morgan fingerprint density at radius 2 is 1.79 bits per heavy atom. The molecule has 2 fully saturated rings. The zero-order valence-electron chi connectivity index (χ0n) is 21.6. The van der Waals surface area contributed by atoms with Gasteiger partial charge >= 0.3 is 6.18 Å². The Balaban J connectivity index is 0.00000164. The molecule has 38 heavy (non-hydrogen) atoms. The van der Waals surface area contributed by atoms with Gasteiger partial charge in [0.1, 0.15) is 11.9 Å². The number of aromatic nitrogens is 4. The summed E-state index contributed by atoms with van der Waals surface area (Å²) in [7, 11) is 1.00. The number of pyridine rings is 2. The second-order valence-corrected chi connectivity index (χ2v) is 9.46. The van der Waals surface area contributed by atoms with Crippen molar-refractivity contribution in [2.24, 2.45) is 0 Å². The number of ether oxygens (including phenoxy) is 1. The van der Waals surface area contributed by atoms with Crippen LogP contribution in [0.1, 0.15) is 63.5 Å². The summed E-state index contributed by atoms with van der Waals surface area (Å²) in [6.45, 7) is 4.72. The van der Waals surface area contributed by atoms with Gasteiger partial charge in [0.05, 0.1) is 22.5 Å². The topological polar surface area (TPSA) is 88.3 Å². The van der Waals surface area contributed by atoms with E-state index in [2.05, 4.69) is 24.9 Å². The SMILES string of the molecule is CCNc1cc2c(cn1)c(N1CCCCC1)nn2C1CCC(Oc2nccc(C(F)(F)F)c2F)CC1.CO. The molecule has 0 spiro atoms. The molecular weight excluding hydrogens is 504 g/mol. The standard InChI is InChI=1S/C25H30F4N6O.CH4O/c1-2-30-21-14-20-18(15-32-21)23(34-12-4-3-5-13-34)33-35(20)16-6-8-17(9-7-16)36-24-22(26)19(10-11-31-24)25(27,28)29;1-2/h10-11,14-17H,2-9,12-13H2,1H3,(H,30,32);2H,1H3. The van der Waals surface area contributed by atoms with Crippen molar-refractivity contribution >= 4 is 22.5 Å². The predicted molar refractivity (Wildman–Crippen MR) is 137 cm³/mol. The van der Waals surface area contributed by atoms with E-state index in [4.69, 9.17) is 14.9 Å². The average molecular weight is 539 g/mol. The molecule has 4 heterocycles. The van der Waals surface area contributed by atoms with Crippen molar-refractivity contribution in [3.63, 3.8) is 0 Å². The maximum Gasteiger partial charge on any atom is 0.419 e. The quantitative estimate of drug-likeness (QED) is 0.396. The number of anilines is 2. The lowest BCUT2D eigenvalue weighted by Gasteiger charge is -2.30. The van der Waals surface area contributed by atoms with Crippen LogP contribution >= 0.6 is 0 Å². The molecule has 1 saturated heterocycles. The number of fused-ring (bicyclic) bond motifs is 1. The molecule has 0 radical (unpaired) electrons. The molecule has 3 aromatic rings. The van der Waals surface area contributed by atoms with Gasteiger partial charge < -0.3 is 20.1 Å². The van der Waals surface area contributed by atoms with Crippen LogP contribution in [0.25, 0.3) is 10.9 Å². The lowest BCUT2D eigenvalue weighted by atomic mass is 9.93. The number of aliphatic hydroxyl groups is 1. The Labute approximate surface area is 219 Å². The molecule has 1 aliphatic heterocycles. The fourth-order valence-electron chi connectivity index (χ4n) is 5.20. The summed E-state index contributed by atoms with van der Waals surface area (Å²) in [5.74, 6) is -0.306. The summed E-state index contributed by atoms with van der Waals surface area (Å²) < 4.78 is 61.2. The number of nitrogens with zero attached hydrogens (tertiary/aromatic N) is 5. The van der Waals surface area contributed by atoms with Crippen LogP contribution in [0.5, 0.6) is 5.88 Å². The van der Waals surface area contributed by atoms with Crippen LogP contribution < -0.4 is 15.0 Å². The third kappa shape index (κ3) is 5.95. The molecule has 2 aliphatic rings. The number of hydrogen-bond acceptors (Lipinski definition) is 7. The summed E-state index contributed by atoms with van der Waals surface area (Å²) >= 11 is 0. The van der Waals surface area contributed by atoms with Crippen LogP contribution in [0.3, 0.4) is 0 Å². The first-order valence-corrected chi connectivity index (χ1v) is 13.0. The van der Waals surface area contributed by atoms with Gasteiger partial charge in [-0.05, 0) is 57.9 Å². The van der Waals surface area contributed by atoms with Crippen molar-refractivity contribution < 1.29 is 27.4 Å². The largest absolute Gasteiger partial charge is 0.472 e. The van der Waals surface area contributed by atoms with E-state index in [9.17, 15) is 17.6 Å². The van der Waals surface area contributed by atoms with Crippen molar-refractivity contribution in [2.75, 3.05) is 37.0 Å². The highest BCUT2D eigenvalue weighted by molar-refractivity contribution is 5.91. The third-order valence-electron chi connectivity index (χ3n) is 7.02. The van der Waals surface area contributed by atoms with E-state index in [0.29, 0.717) is 31.7 Å². The normalized spacial score (nSPS) is 20.1. The molecule has 208 valence electrons. The van der Waals surface area contributed by atoms with Gasteiger partial charge in [0.25, 0.3) is 5.88 Å². The van der Waals surface area contributed by atoms with Crippen LogP contribution in [-0.2, 0) is 6.18 Å². The van der Waals surface area contributed by atoms with E-state index < -0.39 is 29.5 Å². The first-order valence-electron chi connectivity index (χ1n) is 13.0. The lowest BCUT2D eigenvalue weighted by Crippen LogP contribution is -2.30. The fourth-order valence-corrected chi connectivity index (χ4v) is 5.20. The average Bonchev–Trinajstić information content (AvgIpc) is 3.30. The van der Waals surface area contributed by atoms with E-state index in [0.717, 1.165) is 68.3 Å². The minimum absolute atomic E-state index is 0.0992. The highest BCUT2D eigenvalue weighted by atomic mass is 19.4. The van der Waals surface area contributed by atoms with E-state index in [-0.39, 0.29) is 6.04 Å².